The number of anilines is 1. The zero-order valence-electron chi connectivity index (χ0n) is 12.3. The maximum absolute atomic E-state index is 4.62. The number of thiophene rings is 1. The van der Waals surface area contributed by atoms with E-state index in [-0.39, 0.29) is 0 Å². The van der Waals surface area contributed by atoms with Crippen molar-refractivity contribution in [2.45, 2.75) is 24.6 Å². The molecule has 0 amide bonds. The van der Waals surface area contributed by atoms with Gasteiger partial charge < -0.3 is 5.32 Å². The number of fused-ring (bicyclic) bond motifs is 1. The molecule has 3 nitrogen and oxygen atoms in total. The highest BCUT2D eigenvalue weighted by Crippen LogP contribution is 2.33. The molecule has 0 saturated carbocycles. The molecule has 0 aliphatic rings. The average molecular weight is 315 g/mol. The Labute approximate surface area is 132 Å². The van der Waals surface area contributed by atoms with Crippen LogP contribution >= 0.6 is 23.1 Å². The molecule has 3 rings (SSSR count). The van der Waals surface area contributed by atoms with Crippen molar-refractivity contribution in [2.24, 2.45) is 0 Å². The molecule has 0 bridgehead atoms. The molecule has 2 heterocycles. The van der Waals surface area contributed by atoms with Crippen LogP contribution in [0, 0.1) is 13.8 Å². The summed E-state index contributed by atoms with van der Waals surface area (Å²) in [6.07, 6.45) is 0. The largest absolute Gasteiger partial charge is 0.357 e. The first-order valence-electron chi connectivity index (χ1n) is 6.80. The summed E-state index contributed by atoms with van der Waals surface area (Å²) >= 11 is 3.49. The SMILES string of the molecule is CNc1nc(SCc2ccccc2C)c2cc(C)sc2n1. The van der Waals surface area contributed by atoms with Crippen LogP contribution in [0.2, 0.25) is 0 Å². The van der Waals surface area contributed by atoms with Crippen molar-refractivity contribution in [1.82, 2.24) is 9.97 Å². The van der Waals surface area contributed by atoms with Crippen molar-refractivity contribution in [1.29, 1.82) is 0 Å². The number of nitrogens with zero attached hydrogens (tertiary/aromatic N) is 2. The van der Waals surface area contributed by atoms with Gasteiger partial charge in [-0.2, -0.15) is 0 Å². The Kier molecular flexibility index (Phi) is 4.12. The fraction of sp³-hybridized carbons (Fsp3) is 0.250. The number of hydrogen-bond donors (Lipinski definition) is 1. The third-order valence-corrected chi connectivity index (χ3v) is 5.31. The highest BCUT2D eigenvalue weighted by molar-refractivity contribution is 7.98. The van der Waals surface area contributed by atoms with Crippen molar-refractivity contribution >= 4 is 39.3 Å². The van der Waals surface area contributed by atoms with Gasteiger partial charge in [-0.25, -0.2) is 9.97 Å². The summed E-state index contributed by atoms with van der Waals surface area (Å²) in [4.78, 5) is 11.5. The van der Waals surface area contributed by atoms with E-state index in [0.29, 0.717) is 5.95 Å². The van der Waals surface area contributed by atoms with Crippen molar-refractivity contribution in [3.05, 3.63) is 46.3 Å². The van der Waals surface area contributed by atoms with E-state index in [1.165, 1.54) is 16.0 Å². The van der Waals surface area contributed by atoms with Gasteiger partial charge in [0.2, 0.25) is 5.95 Å². The Morgan fingerprint density at radius 3 is 2.76 bits per heavy atom. The fourth-order valence-electron chi connectivity index (χ4n) is 2.16. The third-order valence-electron chi connectivity index (χ3n) is 3.33. The molecule has 0 spiro atoms. The molecule has 0 saturated heterocycles. The van der Waals surface area contributed by atoms with Gasteiger partial charge in [0.05, 0.1) is 0 Å². The van der Waals surface area contributed by atoms with Crippen molar-refractivity contribution in [3.63, 3.8) is 0 Å². The number of nitrogens with one attached hydrogen (secondary N) is 1. The maximum Gasteiger partial charge on any atom is 0.224 e. The summed E-state index contributed by atoms with van der Waals surface area (Å²) in [7, 11) is 1.86. The van der Waals surface area contributed by atoms with Gasteiger partial charge in [-0.15, -0.1) is 23.1 Å². The molecule has 3 aromatic rings. The van der Waals surface area contributed by atoms with Crippen LogP contribution in [0.4, 0.5) is 5.95 Å². The molecule has 0 aliphatic carbocycles. The van der Waals surface area contributed by atoms with Gasteiger partial charge in [0, 0.05) is 23.1 Å². The second-order valence-electron chi connectivity index (χ2n) is 4.89. The van der Waals surface area contributed by atoms with Crippen LogP contribution in [0.1, 0.15) is 16.0 Å². The molecule has 108 valence electrons. The average Bonchev–Trinajstić information content (AvgIpc) is 2.86. The molecule has 1 aromatic carbocycles. The van der Waals surface area contributed by atoms with Crippen molar-refractivity contribution in [3.8, 4) is 0 Å². The minimum atomic E-state index is 0.691. The molecular weight excluding hydrogens is 298 g/mol. The zero-order chi connectivity index (χ0) is 14.8. The van der Waals surface area contributed by atoms with E-state index < -0.39 is 0 Å². The topological polar surface area (TPSA) is 37.8 Å². The Bertz CT molecular complexity index is 780. The standard InChI is InChI=1S/C16H17N3S2/c1-10-6-4-5-7-12(10)9-20-14-13-8-11(2)21-15(13)19-16(17-3)18-14/h4-8H,9H2,1-3H3,(H,17,18,19). The van der Waals surface area contributed by atoms with E-state index in [9.17, 15) is 0 Å². The summed E-state index contributed by atoms with van der Waals surface area (Å²) < 4.78 is 0. The molecule has 21 heavy (non-hydrogen) atoms. The van der Waals surface area contributed by atoms with E-state index in [0.717, 1.165) is 21.0 Å². The van der Waals surface area contributed by atoms with Gasteiger partial charge in [0.1, 0.15) is 9.86 Å². The first-order valence-corrected chi connectivity index (χ1v) is 8.61. The fourth-order valence-corrected chi connectivity index (χ4v) is 4.18. The summed E-state index contributed by atoms with van der Waals surface area (Å²) in [6.45, 7) is 4.26. The van der Waals surface area contributed by atoms with Crippen LogP contribution in [0.25, 0.3) is 10.2 Å². The normalized spacial score (nSPS) is 11.0. The lowest BCUT2D eigenvalue weighted by molar-refractivity contribution is 1.10. The summed E-state index contributed by atoms with van der Waals surface area (Å²) in [5, 5.41) is 5.26. The quantitative estimate of drug-likeness (QED) is 0.562. The molecule has 0 unspecified atom stereocenters. The monoisotopic (exact) mass is 315 g/mol. The summed E-state index contributed by atoms with van der Waals surface area (Å²) in [5.74, 6) is 1.62. The molecule has 0 fully saturated rings. The number of aromatic nitrogens is 2. The van der Waals surface area contributed by atoms with Gasteiger partial charge in [0.15, 0.2) is 0 Å². The second-order valence-corrected chi connectivity index (χ2v) is 7.09. The predicted molar refractivity (Wildman–Crippen MR) is 92.4 cm³/mol. The molecule has 2 aromatic heterocycles. The van der Waals surface area contributed by atoms with Crippen LogP contribution in [0.5, 0.6) is 0 Å². The summed E-state index contributed by atoms with van der Waals surface area (Å²) in [5.41, 5.74) is 2.68. The Balaban J connectivity index is 1.94. The molecule has 0 aliphatic heterocycles. The zero-order valence-corrected chi connectivity index (χ0v) is 13.9. The highest BCUT2D eigenvalue weighted by atomic mass is 32.2. The third kappa shape index (κ3) is 3.04. The van der Waals surface area contributed by atoms with Gasteiger partial charge in [-0.1, -0.05) is 24.3 Å². The first kappa shape index (κ1) is 14.4. The Morgan fingerprint density at radius 1 is 1.19 bits per heavy atom. The van der Waals surface area contributed by atoms with Gasteiger partial charge >= 0.3 is 0 Å². The van der Waals surface area contributed by atoms with Crippen LogP contribution in [-0.2, 0) is 5.75 Å². The molecular formula is C16H17N3S2. The van der Waals surface area contributed by atoms with E-state index in [2.05, 4.69) is 59.5 Å². The Hall–Kier alpha value is -1.59. The first-order chi connectivity index (χ1) is 10.2. The minimum Gasteiger partial charge on any atom is -0.357 e. The lowest BCUT2D eigenvalue weighted by Crippen LogP contribution is -1.97. The molecule has 0 radical (unpaired) electrons. The molecule has 0 atom stereocenters. The van der Waals surface area contributed by atoms with Crippen molar-refractivity contribution < 1.29 is 0 Å². The Morgan fingerprint density at radius 2 is 2.00 bits per heavy atom. The van der Waals surface area contributed by atoms with Gasteiger partial charge in [-0.05, 0) is 31.0 Å². The smallest absolute Gasteiger partial charge is 0.224 e. The van der Waals surface area contributed by atoms with E-state index in [4.69, 9.17) is 0 Å². The van der Waals surface area contributed by atoms with Gasteiger partial charge in [0.25, 0.3) is 0 Å². The molecule has 5 heteroatoms. The van der Waals surface area contributed by atoms with E-state index >= 15 is 0 Å². The lowest BCUT2D eigenvalue weighted by atomic mass is 10.1. The number of rotatable bonds is 4. The van der Waals surface area contributed by atoms with Crippen molar-refractivity contribution in [2.75, 3.05) is 12.4 Å². The minimum absolute atomic E-state index is 0.691. The number of benzene rings is 1. The van der Waals surface area contributed by atoms with Crippen LogP contribution in [-0.4, -0.2) is 17.0 Å². The molecule has 1 N–H and O–H groups in total. The number of aryl methyl sites for hydroxylation is 2. The maximum atomic E-state index is 4.62. The van der Waals surface area contributed by atoms with E-state index in [1.54, 1.807) is 23.1 Å². The highest BCUT2D eigenvalue weighted by Gasteiger charge is 2.11. The summed E-state index contributed by atoms with van der Waals surface area (Å²) in [6, 6.07) is 10.7. The van der Waals surface area contributed by atoms with E-state index in [1.807, 2.05) is 7.05 Å². The predicted octanol–water partition coefficient (Wildman–Crippen LogP) is 4.64. The van der Waals surface area contributed by atoms with Crippen LogP contribution in [0.3, 0.4) is 0 Å². The van der Waals surface area contributed by atoms with Crippen LogP contribution in [0.15, 0.2) is 35.4 Å². The lowest BCUT2D eigenvalue weighted by Gasteiger charge is -2.07. The van der Waals surface area contributed by atoms with Gasteiger partial charge in [-0.3, -0.25) is 0 Å². The second kappa shape index (κ2) is 6.03. The number of thioether (sulfide) groups is 1. The number of hydrogen-bond acceptors (Lipinski definition) is 5. The van der Waals surface area contributed by atoms with Crippen LogP contribution < -0.4 is 5.32 Å².